The minimum absolute atomic E-state index is 0.0587. The van der Waals surface area contributed by atoms with Gasteiger partial charge in [-0.05, 0) is 36.4 Å². The van der Waals surface area contributed by atoms with Crippen LogP contribution in [-0.4, -0.2) is 21.7 Å². The average molecular weight is 324 g/mol. The van der Waals surface area contributed by atoms with Crippen molar-refractivity contribution >= 4 is 11.6 Å². The minimum atomic E-state index is -2.86. The van der Waals surface area contributed by atoms with Crippen molar-refractivity contribution in [3.63, 3.8) is 0 Å². The predicted octanol–water partition coefficient (Wildman–Crippen LogP) is 4.05. The quantitative estimate of drug-likeness (QED) is 0.678. The number of hydrogen-bond acceptors (Lipinski definition) is 5. The van der Waals surface area contributed by atoms with Gasteiger partial charge in [0.25, 0.3) is 5.89 Å². The molecule has 0 radical (unpaired) electrons. The number of benzene rings is 1. The summed E-state index contributed by atoms with van der Waals surface area (Å²) in [5.74, 6) is 0.669. The summed E-state index contributed by atoms with van der Waals surface area (Å²) in [5.41, 5.74) is 1.24. The molecule has 5 nitrogen and oxygen atoms in total. The molecule has 0 saturated heterocycles. The molecule has 8 heteroatoms. The van der Waals surface area contributed by atoms with E-state index in [-0.39, 0.29) is 11.6 Å². The molecular weight excluding hydrogens is 316 g/mol. The van der Waals surface area contributed by atoms with Crippen molar-refractivity contribution in [1.29, 1.82) is 0 Å². The van der Waals surface area contributed by atoms with Crippen molar-refractivity contribution < 1.29 is 18.0 Å². The Bertz CT molecular complexity index is 778. The van der Waals surface area contributed by atoms with Crippen LogP contribution in [0.2, 0.25) is 5.15 Å². The van der Waals surface area contributed by atoms with Crippen LogP contribution in [0.3, 0.4) is 0 Å². The lowest BCUT2D eigenvalue weighted by molar-refractivity contribution is -0.0498. The largest absolute Gasteiger partial charge is 0.435 e. The molecule has 0 aliphatic heterocycles. The highest BCUT2D eigenvalue weighted by Gasteiger charge is 2.12. The van der Waals surface area contributed by atoms with Gasteiger partial charge in [-0.15, -0.1) is 0 Å². The number of halogens is 3. The molecule has 2 heterocycles. The summed E-state index contributed by atoms with van der Waals surface area (Å²) < 4.78 is 33.6. The van der Waals surface area contributed by atoms with Crippen LogP contribution in [0, 0.1) is 0 Å². The first-order valence-electron chi connectivity index (χ1n) is 6.13. The van der Waals surface area contributed by atoms with Gasteiger partial charge in [-0.2, -0.15) is 13.8 Å². The summed E-state index contributed by atoms with van der Waals surface area (Å²) in [7, 11) is 0. The zero-order valence-electron chi connectivity index (χ0n) is 10.9. The molecule has 1 aromatic carbocycles. The van der Waals surface area contributed by atoms with Crippen molar-refractivity contribution in [2.24, 2.45) is 0 Å². The smallest absolute Gasteiger partial charge is 0.387 e. The molecule has 0 saturated carbocycles. The van der Waals surface area contributed by atoms with E-state index in [1.807, 2.05) is 0 Å². The molecule has 0 N–H and O–H groups in total. The van der Waals surface area contributed by atoms with Crippen LogP contribution >= 0.6 is 11.6 Å². The van der Waals surface area contributed by atoms with Gasteiger partial charge in [0, 0.05) is 17.3 Å². The highest BCUT2D eigenvalue weighted by molar-refractivity contribution is 6.29. The molecular formula is C14H8ClF2N3O2. The van der Waals surface area contributed by atoms with E-state index >= 15 is 0 Å². The number of pyridine rings is 1. The summed E-state index contributed by atoms with van der Waals surface area (Å²) in [4.78, 5) is 8.09. The van der Waals surface area contributed by atoms with Crippen LogP contribution < -0.4 is 4.74 Å². The maximum absolute atomic E-state index is 12.1. The third kappa shape index (κ3) is 3.20. The van der Waals surface area contributed by atoms with Crippen LogP contribution in [0.1, 0.15) is 0 Å². The maximum atomic E-state index is 12.1. The molecule has 2 aromatic heterocycles. The standard InChI is InChI=1S/C14H8ClF2N3O2/c15-11-7-9(5-6-18-11)13-19-12(20-22-13)8-1-3-10(4-2-8)21-14(16)17/h1-7,14H. The van der Waals surface area contributed by atoms with Gasteiger partial charge >= 0.3 is 6.61 Å². The predicted molar refractivity (Wildman–Crippen MR) is 74.6 cm³/mol. The molecule has 0 fully saturated rings. The lowest BCUT2D eigenvalue weighted by atomic mass is 10.2. The first kappa shape index (κ1) is 14.4. The second-order valence-corrected chi connectivity index (χ2v) is 4.58. The second kappa shape index (κ2) is 6.07. The summed E-state index contributed by atoms with van der Waals surface area (Å²) >= 11 is 5.80. The first-order chi connectivity index (χ1) is 10.6. The van der Waals surface area contributed by atoms with E-state index in [0.717, 1.165) is 0 Å². The van der Waals surface area contributed by atoms with E-state index in [1.165, 1.54) is 18.3 Å². The Kier molecular flexibility index (Phi) is 3.97. The zero-order chi connectivity index (χ0) is 15.5. The van der Waals surface area contributed by atoms with Gasteiger partial charge < -0.3 is 9.26 Å². The van der Waals surface area contributed by atoms with Crippen LogP contribution in [0.15, 0.2) is 47.1 Å². The summed E-state index contributed by atoms with van der Waals surface area (Å²) in [6.07, 6.45) is 1.53. The maximum Gasteiger partial charge on any atom is 0.387 e. The highest BCUT2D eigenvalue weighted by Crippen LogP contribution is 2.25. The van der Waals surface area contributed by atoms with Gasteiger partial charge in [0.05, 0.1) is 0 Å². The molecule has 3 aromatic rings. The van der Waals surface area contributed by atoms with Gasteiger partial charge in [0.1, 0.15) is 10.9 Å². The fourth-order valence-corrected chi connectivity index (χ4v) is 1.95. The summed E-state index contributed by atoms with van der Waals surface area (Å²) in [6, 6.07) is 9.21. The van der Waals surface area contributed by atoms with Crippen LogP contribution in [0.4, 0.5) is 8.78 Å². The summed E-state index contributed by atoms with van der Waals surface area (Å²) in [6.45, 7) is -2.86. The molecule has 0 aliphatic carbocycles. The number of alkyl halides is 2. The van der Waals surface area contributed by atoms with Crippen molar-refractivity contribution in [1.82, 2.24) is 15.1 Å². The van der Waals surface area contributed by atoms with E-state index in [4.69, 9.17) is 16.1 Å². The van der Waals surface area contributed by atoms with Gasteiger partial charge in [0.2, 0.25) is 5.82 Å². The number of rotatable bonds is 4. The molecule has 112 valence electrons. The molecule has 0 unspecified atom stereocenters. The molecule has 0 bridgehead atoms. The highest BCUT2D eigenvalue weighted by atomic mass is 35.5. The zero-order valence-corrected chi connectivity index (χ0v) is 11.7. The van der Waals surface area contributed by atoms with Crippen molar-refractivity contribution in [3.05, 3.63) is 47.7 Å². The summed E-state index contributed by atoms with van der Waals surface area (Å²) in [5, 5.41) is 4.16. The number of aromatic nitrogens is 3. The van der Waals surface area contributed by atoms with Gasteiger partial charge in [-0.3, -0.25) is 0 Å². The Morgan fingerprint density at radius 3 is 2.55 bits per heavy atom. The Morgan fingerprint density at radius 1 is 1.09 bits per heavy atom. The van der Waals surface area contributed by atoms with Crippen molar-refractivity contribution in [2.45, 2.75) is 6.61 Å². The Labute approximate surface area is 128 Å². The molecule has 3 rings (SSSR count). The normalized spacial score (nSPS) is 10.9. The second-order valence-electron chi connectivity index (χ2n) is 4.19. The molecule has 0 atom stereocenters. The van der Waals surface area contributed by atoms with Crippen molar-refractivity contribution in [2.75, 3.05) is 0 Å². The average Bonchev–Trinajstić information content (AvgIpc) is 2.97. The third-order valence-electron chi connectivity index (χ3n) is 2.74. The molecule has 0 amide bonds. The number of ether oxygens (including phenoxy) is 1. The Balaban J connectivity index is 1.84. The topological polar surface area (TPSA) is 61.0 Å². The Morgan fingerprint density at radius 2 is 1.86 bits per heavy atom. The van der Waals surface area contributed by atoms with Crippen LogP contribution in [-0.2, 0) is 0 Å². The lowest BCUT2D eigenvalue weighted by Crippen LogP contribution is -2.01. The fourth-order valence-electron chi connectivity index (χ4n) is 1.78. The monoisotopic (exact) mass is 323 g/mol. The third-order valence-corrected chi connectivity index (χ3v) is 2.94. The fraction of sp³-hybridized carbons (Fsp3) is 0.0714. The van der Waals surface area contributed by atoms with E-state index in [2.05, 4.69) is 19.9 Å². The van der Waals surface area contributed by atoms with Crippen LogP contribution in [0.5, 0.6) is 5.75 Å². The van der Waals surface area contributed by atoms with Crippen molar-refractivity contribution in [3.8, 4) is 28.6 Å². The lowest BCUT2D eigenvalue weighted by Gasteiger charge is -2.03. The van der Waals surface area contributed by atoms with Gasteiger partial charge in [-0.25, -0.2) is 4.98 Å². The van der Waals surface area contributed by atoms with E-state index in [9.17, 15) is 8.78 Å². The molecule has 0 spiro atoms. The first-order valence-corrected chi connectivity index (χ1v) is 6.50. The van der Waals surface area contributed by atoms with Gasteiger partial charge in [0.15, 0.2) is 0 Å². The van der Waals surface area contributed by atoms with E-state index in [0.29, 0.717) is 22.1 Å². The van der Waals surface area contributed by atoms with Gasteiger partial charge in [-0.1, -0.05) is 16.8 Å². The molecule has 0 aliphatic rings. The molecule has 22 heavy (non-hydrogen) atoms. The minimum Gasteiger partial charge on any atom is -0.435 e. The van der Waals surface area contributed by atoms with E-state index < -0.39 is 6.61 Å². The SMILES string of the molecule is FC(F)Oc1ccc(-c2noc(-c3ccnc(Cl)c3)n2)cc1. The van der Waals surface area contributed by atoms with E-state index in [1.54, 1.807) is 24.3 Å². The van der Waals surface area contributed by atoms with Crippen LogP contribution in [0.25, 0.3) is 22.8 Å². The Hall–Kier alpha value is -2.54. The number of nitrogens with zero attached hydrogens (tertiary/aromatic N) is 3. The number of hydrogen-bond donors (Lipinski definition) is 0.